The molecule has 2 heterocycles. The van der Waals surface area contributed by atoms with Crippen molar-refractivity contribution in [3.63, 3.8) is 0 Å². The van der Waals surface area contributed by atoms with E-state index >= 15 is 0 Å². The van der Waals surface area contributed by atoms with Crippen molar-refractivity contribution in [2.75, 3.05) is 0 Å². The highest BCUT2D eigenvalue weighted by molar-refractivity contribution is 6.23. The predicted octanol–water partition coefficient (Wildman–Crippen LogP) is 15.3. The zero-order valence-corrected chi connectivity index (χ0v) is 31.1. The van der Waals surface area contributed by atoms with Crippen LogP contribution in [0.3, 0.4) is 0 Å². The summed E-state index contributed by atoms with van der Waals surface area (Å²) in [5, 5.41) is 4.30. The Labute approximate surface area is 330 Å². The standard InChI is InChI=1S/C55H36O2/c1-4-12-36(13-5-1)38-20-26-42(27-21-38)52(43-28-22-39(23-29-43)37-14-6-2-7-15-37)44-30-24-40(25-31-44)45-32-33-46-48-35-51-54(47-18-10-11-19-49(47)56-51)53(41-16-8-3-9-17-41)55(48)57-50(46)34-45/h1-35,52H. The van der Waals surface area contributed by atoms with Gasteiger partial charge >= 0.3 is 0 Å². The molecular weight excluding hydrogens is 693 g/mol. The number of hydrogen-bond acceptors (Lipinski definition) is 2. The molecule has 0 N–H and O–H groups in total. The summed E-state index contributed by atoms with van der Waals surface area (Å²) in [6.07, 6.45) is 0. The third-order valence-electron chi connectivity index (χ3n) is 11.4. The Balaban J connectivity index is 0.989. The van der Waals surface area contributed by atoms with Crippen molar-refractivity contribution in [3.8, 4) is 44.5 Å². The Morgan fingerprint density at radius 3 is 1.30 bits per heavy atom. The topological polar surface area (TPSA) is 26.3 Å². The minimum Gasteiger partial charge on any atom is -0.456 e. The van der Waals surface area contributed by atoms with Crippen molar-refractivity contribution in [1.29, 1.82) is 0 Å². The van der Waals surface area contributed by atoms with Gasteiger partial charge in [0.25, 0.3) is 0 Å². The molecule has 11 rings (SSSR count). The molecule has 2 heteroatoms. The van der Waals surface area contributed by atoms with Crippen molar-refractivity contribution >= 4 is 43.9 Å². The summed E-state index contributed by atoms with van der Waals surface area (Å²) in [5.74, 6) is 0.0669. The van der Waals surface area contributed by atoms with Gasteiger partial charge in [0.2, 0.25) is 0 Å². The van der Waals surface area contributed by atoms with Crippen LogP contribution < -0.4 is 0 Å². The van der Waals surface area contributed by atoms with E-state index in [0.717, 1.165) is 66.1 Å². The van der Waals surface area contributed by atoms with Crippen LogP contribution in [-0.4, -0.2) is 0 Å². The Morgan fingerprint density at radius 1 is 0.281 bits per heavy atom. The smallest absolute Gasteiger partial charge is 0.144 e. The van der Waals surface area contributed by atoms with Crippen LogP contribution in [0.15, 0.2) is 221 Å². The summed E-state index contributed by atoms with van der Waals surface area (Å²) in [7, 11) is 0. The fourth-order valence-corrected chi connectivity index (χ4v) is 8.62. The molecule has 0 saturated carbocycles. The van der Waals surface area contributed by atoms with E-state index in [-0.39, 0.29) is 5.92 Å². The molecule has 0 aliphatic rings. The van der Waals surface area contributed by atoms with Gasteiger partial charge in [-0.3, -0.25) is 0 Å². The van der Waals surface area contributed by atoms with Crippen molar-refractivity contribution < 1.29 is 8.83 Å². The van der Waals surface area contributed by atoms with Gasteiger partial charge in [0.05, 0.1) is 0 Å². The second-order valence-corrected chi connectivity index (χ2v) is 14.8. The summed E-state index contributed by atoms with van der Waals surface area (Å²) >= 11 is 0. The van der Waals surface area contributed by atoms with E-state index in [0.29, 0.717) is 0 Å². The molecule has 268 valence electrons. The molecule has 57 heavy (non-hydrogen) atoms. The van der Waals surface area contributed by atoms with Crippen LogP contribution >= 0.6 is 0 Å². The monoisotopic (exact) mass is 728 g/mol. The van der Waals surface area contributed by atoms with E-state index in [1.165, 1.54) is 38.9 Å². The second-order valence-electron chi connectivity index (χ2n) is 14.8. The largest absolute Gasteiger partial charge is 0.456 e. The van der Waals surface area contributed by atoms with Crippen LogP contribution in [0.2, 0.25) is 0 Å². The first-order valence-corrected chi connectivity index (χ1v) is 19.5. The average Bonchev–Trinajstić information content (AvgIpc) is 3.85. The van der Waals surface area contributed by atoms with Gasteiger partial charge in [-0.15, -0.1) is 0 Å². The van der Waals surface area contributed by atoms with Gasteiger partial charge in [-0.25, -0.2) is 0 Å². The van der Waals surface area contributed by atoms with Crippen LogP contribution in [0, 0.1) is 0 Å². The number of hydrogen-bond donors (Lipinski definition) is 0. The molecule has 0 aliphatic heterocycles. The highest BCUT2D eigenvalue weighted by Crippen LogP contribution is 2.45. The molecular formula is C55H36O2. The molecule has 0 unspecified atom stereocenters. The summed E-state index contributed by atoms with van der Waals surface area (Å²) in [4.78, 5) is 0. The normalized spacial score (nSPS) is 11.7. The molecule has 0 amide bonds. The fraction of sp³-hybridized carbons (Fsp3) is 0.0182. The zero-order valence-electron chi connectivity index (χ0n) is 31.1. The quantitative estimate of drug-likeness (QED) is 0.153. The van der Waals surface area contributed by atoms with Gasteiger partial charge in [0, 0.05) is 33.0 Å². The van der Waals surface area contributed by atoms with E-state index in [1.807, 2.05) is 12.1 Å². The maximum Gasteiger partial charge on any atom is 0.144 e. The molecule has 0 spiro atoms. The van der Waals surface area contributed by atoms with Gasteiger partial charge in [-0.1, -0.05) is 188 Å². The van der Waals surface area contributed by atoms with E-state index in [1.54, 1.807) is 0 Å². The maximum absolute atomic E-state index is 6.85. The molecule has 0 radical (unpaired) electrons. The van der Waals surface area contributed by atoms with Crippen LogP contribution in [0.5, 0.6) is 0 Å². The van der Waals surface area contributed by atoms with Crippen LogP contribution in [0.4, 0.5) is 0 Å². The number of furan rings is 2. The highest BCUT2D eigenvalue weighted by atomic mass is 16.3. The van der Waals surface area contributed by atoms with Crippen molar-refractivity contribution in [1.82, 2.24) is 0 Å². The molecule has 0 saturated heterocycles. The number of benzene rings is 9. The van der Waals surface area contributed by atoms with Crippen LogP contribution in [0.25, 0.3) is 88.4 Å². The predicted molar refractivity (Wildman–Crippen MR) is 237 cm³/mol. The highest BCUT2D eigenvalue weighted by Gasteiger charge is 2.22. The van der Waals surface area contributed by atoms with Gasteiger partial charge in [0.1, 0.15) is 22.3 Å². The van der Waals surface area contributed by atoms with Gasteiger partial charge in [-0.05, 0) is 79.9 Å². The summed E-state index contributed by atoms with van der Waals surface area (Å²) in [6, 6.07) is 75.8. The van der Waals surface area contributed by atoms with Crippen molar-refractivity contribution in [3.05, 3.63) is 229 Å². The number of rotatable bonds is 7. The van der Waals surface area contributed by atoms with E-state index in [9.17, 15) is 0 Å². The van der Waals surface area contributed by atoms with Gasteiger partial charge in [-0.2, -0.15) is 0 Å². The van der Waals surface area contributed by atoms with E-state index in [2.05, 4.69) is 200 Å². The van der Waals surface area contributed by atoms with E-state index < -0.39 is 0 Å². The average molecular weight is 729 g/mol. The summed E-state index contributed by atoms with van der Waals surface area (Å²) in [5.41, 5.74) is 16.5. The second kappa shape index (κ2) is 13.7. The van der Waals surface area contributed by atoms with Crippen LogP contribution in [-0.2, 0) is 0 Å². The summed E-state index contributed by atoms with van der Waals surface area (Å²) in [6.45, 7) is 0. The molecule has 11 aromatic rings. The van der Waals surface area contributed by atoms with Gasteiger partial charge in [0.15, 0.2) is 0 Å². The molecule has 0 bridgehead atoms. The third-order valence-corrected chi connectivity index (χ3v) is 11.4. The Hall–Kier alpha value is -7.42. The van der Waals surface area contributed by atoms with Crippen LogP contribution in [0.1, 0.15) is 22.6 Å². The molecule has 0 atom stereocenters. The maximum atomic E-state index is 6.85. The molecule has 0 fully saturated rings. The zero-order chi connectivity index (χ0) is 37.7. The molecule has 2 aromatic heterocycles. The minimum absolute atomic E-state index is 0.0669. The van der Waals surface area contributed by atoms with E-state index in [4.69, 9.17) is 8.83 Å². The Kier molecular flexibility index (Phi) is 7.93. The third kappa shape index (κ3) is 5.82. The lowest BCUT2D eigenvalue weighted by atomic mass is 9.83. The van der Waals surface area contributed by atoms with Crippen molar-refractivity contribution in [2.45, 2.75) is 5.92 Å². The number of fused-ring (bicyclic) bond motifs is 6. The Morgan fingerprint density at radius 2 is 0.737 bits per heavy atom. The molecule has 2 nitrogen and oxygen atoms in total. The van der Waals surface area contributed by atoms with Gasteiger partial charge < -0.3 is 8.83 Å². The lowest BCUT2D eigenvalue weighted by Crippen LogP contribution is -2.03. The first-order chi connectivity index (χ1) is 28.2. The fourth-order valence-electron chi connectivity index (χ4n) is 8.62. The first kappa shape index (κ1) is 33.0. The molecule has 0 aliphatic carbocycles. The lowest BCUT2D eigenvalue weighted by molar-refractivity contribution is 0.664. The molecule has 9 aromatic carbocycles. The first-order valence-electron chi connectivity index (χ1n) is 19.5. The number of para-hydroxylation sites is 1. The lowest BCUT2D eigenvalue weighted by Gasteiger charge is -2.20. The minimum atomic E-state index is 0.0669. The SMILES string of the molecule is c1ccc(-c2ccc(C(c3ccc(-c4ccccc4)cc3)c3ccc(-c4ccc5c(c4)oc4c(-c6ccccc6)c6c(cc45)oc4ccccc46)cc3)cc2)cc1. The Bertz CT molecular complexity index is 3090. The summed E-state index contributed by atoms with van der Waals surface area (Å²) < 4.78 is 13.3. The van der Waals surface area contributed by atoms with Crippen molar-refractivity contribution in [2.24, 2.45) is 0 Å².